The summed E-state index contributed by atoms with van der Waals surface area (Å²) in [6.45, 7) is 0.622. The van der Waals surface area contributed by atoms with E-state index in [1.54, 1.807) is 12.1 Å². The van der Waals surface area contributed by atoms with Gasteiger partial charge in [0.25, 0.3) is 0 Å². The number of carbonyl (C=O) groups is 1. The van der Waals surface area contributed by atoms with E-state index in [1.807, 2.05) is 79.1 Å². The molecule has 1 aromatic heterocycles. The normalized spacial score (nSPS) is 14.9. The molecule has 0 aliphatic carbocycles. The molecule has 0 radical (unpaired) electrons. The zero-order valence-corrected chi connectivity index (χ0v) is 22.8. The molecule has 4 aromatic rings. The van der Waals surface area contributed by atoms with Crippen LogP contribution >= 0.6 is 23.1 Å². The number of sulfonamides is 1. The standard InChI is InChI=1S/C28H27N3O3S3/c1-35-23-14-8-9-15-24(23)37(33,34)31-18-16-22(17-19-31)27(32)30-28-29-25(20-10-4-2-5-11-20)26(36-28)21-12-6-3-7-13-21/h2-15,22H,16-19H2,1H3,(H,29,30,32). The number of nitrogens with zero attached hydrogens (tertiary/aromatic N) is 2. The van der Waals surface area contributed by atoms with Gasteiger partial charge in [-0.25, -0.2) is 13.4 Å². The highest BCUT2D eigenvalue weighted by atomic mass is 32.2. The number of aromatic nitrogens is 1. The van der Waals surface area contributed by atoms with Crippen molar-refractivity contribution in [3.05, 3.63) is 84.9 Å². The minimum Gasteiger partial charge on any atom is -0.302 e. The summed E-state index contributed by atoms with van der Waals surface area (Å²) in [5.74, 6) is -0.388. The molecule has 1 amide bonds. The van der Waals surface area contributed by atoms with E-state index in [0.29, 0.717) is 36.0 Å². The molecule has 2 heterocycles. The molecule has 0 unspecified atom stereocenters. The Labute approximate surface area is 225 Å². The first kappa shape index (κ1) is 25.7. The number of thiazole rings is 1. The van der Waals surface area contributed by atoms with Gasteiger partial charge in [0, 0.05) is 29.5 Å². The molecule has 6 nitrogen and oxygen atoms in total. The van der Waals surface area contributed by atoms with E-state index >= 15 is 0 Å². The Morgan fingerprint density at radius 2 is 1.51 bits per heavy atom. The third-order valence-electron chi connectivity index (χ3n) is 6.45. The first-order chi connectivity index (χ1) is 18.0. The number of benzene rings is 3. The van der Waals surface area contributed by atoms with Crippen molar-refractivity contribution in [2.24, 2.45) is 5.92 Å². The SMILES string of the molecule is CSc1ccccc1S(=O)(=O)N1CCC(C(=O)Nc2nc(-c3ccccc3)c(-c3ccccc3)s2)CC1. The van der Waals surface area contributed by atoms with Crippen molar-refractivity contribution in [2.45, 2.75) is 22.6 Å². The van der Waals surface area contributed by atoms with Crippen LogP contribution in [0.2, 0.25) is 0 Å². The van der Waals surface area contributed by atoms with Crippen molar-refractivity contribution in [3.63, 3.8) is 0 Å². The number of carbonyl (C=O) groups excluding carboxylic acids is 1. The quantitative estimate of drug-likeness (QED) is 0.276. The molecule has 9 heteroatoms. The maximum absolute atomic E-state index is 13.2. The molecule has 5 rings (SSSR count). The van der Waals surface area contributed by atoms with Crippen molar-refractivity contribution >= 4 is 44.2 Å². The Balaban J connectivity index is 1.30. The molecule has 1 aliphatic rings. The summed E-state index contributed by atoms with van der Waals surface area (Å²) in [6, 6.07) is 27.0. The van der Waals surface area contributed by atoms with Gasteiger partial charge < -0.3 is 5.32 Å². The van der Waals surface area contributed by atoms with E-state index in [-0.39, 0.29) is 11.8 Å². The average Bonchev–Trinajstić information content (AvgIpc) is 3.37. The van der Waals surface area contributed by atoms with Gasteiger partial charge in [-0.3, -0.25) is 4.79 Å². The highest BCUT2D eigenvalue weighted by Crippen LogP contribution is 2.39. The van der Waals surface area contributed by atoms with Crippen molar-refractivity contribution in [1.29, 1.82) is 0 Å². The summed E-state index contributed by atoms with van der Waals surface area (Å²) in [6.07, 6.45) is 2.81. The fourth-order valence-electron chi connectivity index (χ4n) is 4.49. The van der Waals surface area contributed by atoms with E-state index in [4.69, 9.17) is 4.98 Å². The third kappa shape index (κ3) is 5.50. The molecule has 3 aromatic carbocycles. The van der Waals surface area contributed by atoms with Crippen molar-refractivity contribution in [2.75, 3.05) is 24.7 Å². The van der Waals surface area contributed by atoms with Gasteiger partial charge in [-0.15, -0.1) is 11.8 Å². The van der Waals surface area contributed by atoms with Crippen molar-refractivity contribution < 1.29 is 13.2 Å². The lowest BCUT2D eigenvalue weighted by Crippen LogP contribution is -2.41. The number of nitrogens with one attached hydrogen (secondary N) is 1. The topological polar surface area (TPSA) is 79.4 Å². The second kappa shape index (κ2) is 11.2. The van der Waals surface area contributed by atoms with Crippen molar-refractivity contribution in [1.82, 2.24) is 9.29 Å². The Kier molecular flexibility index (Phi) is 7.76. The number of amides is 1. The fraction of sp³-hybridized carbons (Fsp3) is 0.214. The number of hydrogen-bond donors (Lipinski definition) is 1. The smallest absolute Gasteiger partial charge is 0.244 e. The molecule has 0 bridgehead atoms. The second-order valence-electron chi connectivity index (χ2n) is 8.75. The lowest BCUT2D eigenvalue weighted by Gasteiger charge is -2.30. The molecule has 1 fully saturated rings. The zero-order chi connectivity index (χ0) is 25.8. The summed E-state index contributed by atoms with van der Waals surface area (Å²) in [4.78, 5) is 20.0. The van der Waals surface area contributed by atoms with E-state index in [9.17, 15) is 13.2 Å². The number of piperidine rings is 1. The van der Waals surface area contributed by atoms with Crippen LogP contribution in [0.1, 0.15) is 12.8 Å². The molecule has 190 valence electrons. The van der Waals surface area contributed by atoms with Crippen LogP contribution in [-0.4, -0.2) is 43.0 Å². The molecular weight excluding hydrogens is 523 g/mol. The van der Waals surface area contributed by atoms with Gasteiger partial charge in [0.05, 0.1) is 15.5 Å². The van der Waals surface area contributed by atoms with Gasteiger partial charge in [-0.2, -0.15) is 4.31 Å². The number of thioether (sulfide) groups is 1. The third-order valence-corrected chi connectivity index (χ3v) is 10.4. The van der Waals surface area contributed by atoms with Crippen LogP contribution in [0.15, 0.2) is 94.7 Å². The van der Waals surface area contributed by atoms with E-state index in [0.717, 1.165) is 26.6 Å². The fourth-order valence-corrected chi connectivity index (χ4v) is 8.08. The molecule has 1 saturated heterocycles. The Bertz CT molecular complexity index is 1420. The van der Waals surface area contributed by atoms with Crippen LogP contribution in [0, 0.1) is 5.92 Å². The van der Waals surface area contributed by atoms with Gasteiger partial charge in [0.1, 0.15) is 0 Å². The van der Waals surface area contributed by atoms with Crippen LogP contribution in [0.3, 0.4) is 0 Å². The van der Waals surface area contributed by atoms with Crippen LogP contribution in [0.25, 0.3) is 21.7 Å². The summed E-state index contributed by atoms with van der Waals surface area (Å²) >= 11 is 2.87. The molecule has 37 heavy (non-hydrogen) atoms. The predicted octanol–water partition coefficient (Wildman–Crippen LogP) is 6.24. The van der Waals surface area contributed by atoms with Gasteiger partial charge in [0.15, 0.2) is 5.13 Å². The molecule has 1 aliphatic heterocycles. The molecule has 1 N–H and O–H groups in total. The Morgan fingerprint density at radius 1 is 0.919 bits per heavy atom. The van der Waals surface area contributed by atoms with Gasteiger partial charge in [-0.05, 0) is 36.8 Å². The van der Waals surface area contributed by atoms with Gasteiger partial charge >= 0.3 is 0 Å². The maximum atomic E-state index is 13.2. The molecule has 0 atom stereocenters. The van der Waals surface area contributed by atoms with Crippen LogP contribution in [0.4, 0.5) is 5.13 Å². The average molecular weight is 550 g/mol. The summed E-state index contributed by atoms with van der Waals surface area (Å²) in [7, 11) is -3.61. The number of rotatable bonds is 7. The zero-order valence-electron chi connectivity index (χ0n) is 20.3. The first-order valence-corrected chi connectivity index (χ1v) is 15.5. The summed E-state index contributed by atoms with van der Waals surface area (Å²) in [5, 5.41) is 3.56. The Morgan fingerprint density at radius 3 is 2.16 bits per heavy atom. The molecule has 0 spiro atoms. The number of anilines is 1. The monoisotopic (exact) mass is 549 g/mol. The largest absolute Gasteiger partial charge is 0.302 e. The molecule has 0 saturated carbocycles. The lowest BCUT2D eigenvalue weighted by atomic mass is 9.97. The van der Waals surface area contributed by atoms with Crippen molar-refractivity contribution in [3.8, 4) is 21.7 Å². The lowest BCUT2D eigenvalue weighted by molar-refractivity contribution is -0.120. The minimum absolute atomic E-state index is 0.116. The predicted molar refractivity (Wildman–Crippen MR) is 151 cm³/mol. The second-order valence-corrected chi connectivity index (χ2v) is 12.5. The highest BCUT2D eigenvalue weighted by molar-refractivity contribution is 7.99. The van der Waals surface area contributed by atoms with Gasteiger partial charge in [0.2, 0.25) is 15.9 Å². The van der Waals surface area contributed by atoms with Crippen LogP contribution in [-0.2, 0) is 14.8 Å². The van der Waals surface area contributed by atoms with Gasteiger partial charge in [-0.1, -0.05) is 84.1 Å². The summed E-state index contributed by atoms with van der Waals surface area (Å²) < 4.78 is 28.0. The Hall–Kier alpha value is -2.98. The molecular formula is C28H27N3O3S3. The highest BCUT2D eigenvalue weighted by Gasteiger charge is 2.33. The number of hydrogen-bond acceptors (Lipinski definition) is 6. The summed E-state index contributed by atoms with van der Waals surface area (Å²) in [5.41, 5.74) is 2.87. The maximum Gasteiger partial charge on any atom is 0.244 e. The van der Waals surface area contributed by atoms with E-state index < -0.39 is 10.0 Å². The van der Waals surface area contributed by atoms with E-state index in [2.05, 4.69) is 5.32 Å². The first-order valence-electron chi connectivity index (χ1n) is 12.0. The van der Waals surface area contributed by atoms with E-state index in [1.165, 1.54) is 27.4 Å². The minimum atomic E-state index is -3.61. The van der Waals surface area contributed by atoms with Crippen LogP contribution < -0.4 is 5.32 Å². The van der Waals surface area contributed by atoms with Crippen LogP contribution in [0.5, 0.6) is 0 Å².